The minimum Gasteiger partial charge on any atom is -0.370 e. The lowest BCUT2D eigenvalue weighted by Gasteiger charge is -2.14. The van der Waals surface area contributed by atoms with Gasteiger partial charge in [-0.2, -0.15) is 0 Å². The van der Waals surface area contributed by atoms with E-state index in [2.05, 4.69) is 17.1 Å². The molecule has 0 aliphatic carbocycles. The lowest BCUT2D eigenvalue weighted by Crippen LogP contribution is -2.28. The van der Waals surface area contributed by atoms with E-state index in [1.54, 1.807) is 0 Å². The smallest absolute Gasteiger partial charge is 0.0949 e. The summed E-state index contributed by atoms with van der Waals surface area (Å²) in [7, 11) is 2.04. The summed E-state index contributed by atoms with van der Waals surface area (Å²) in [5.74, 6) is 0. The first-order valence-corrected chi connectivity index (χ1v) is 2.45. The molecule has 1 heterocycles. The molecular weight excluding hydrogens is 88.1 g/mol. The Morgan fingerprint density at radius 1 is 1.71 bits per heavy atom. The Labute approximate surface area is 43.8 Å². The van der Waals surface area contributed by atoms with Gasteiger partial charge in [0.25, 0.3) is 0 Å². The van der Waals surface area contributed by atoms with Crippen LogP contribution in [0.25, 0.3) is 0 Å². The Morgan fingerprint density at radius 3 is 2.57 bits per heavy atom. The van der Waals surface area contributed by atoms with Crippen molar-refractivity contribution in [2.24, 2.45) is 0 Å². The van der Waals surface area contributed by atoms with Gasteiger partial charge >= 0.3 is 0 Å². The summed E-state index contributed by atoms with van der Waals surface area (Å²) < 4.78 is 0. The van der Waals surface area contributed by atoms with Crippen LogP contribution in [0.5, 0.6) is 0 Å². The first kappa shape index (κ1) is 4.50. The number of hydrogen-bond donors (Lipinski definition) is 1. The molecule has 1 unspecified atom stereocenters. The summed E-state index contributed by atoms with van der Waals surface area (Å²) in [6, 6.07) is 0. The van der Waals surface area contributed by atoms with Crippen molar-refractivity contribution in [2.45, 2.75) is 13.1 Å². The van der Waals surface area contributed by atoms with E-state index >= 15 is 0 Å². The highest BCUT2D eigenvalue weighted by Gasteiger charge is 2.04. The van der Waals surface area contributed by atoms with E-state index in [-0.39, 0.29) is 0 Å². The molecule has 0 spiro atoms. The van der Waals surface area contributed by atoms with E-state index in [9.17, 15) is 0 Å². The van der Waals surface area contributed by atoms with Crippen LogP contribution < -0.4 is 5.32 Å². The highest BCUT2D eigenvalue weighted by atomic mass is 15.3. The second-order valence-corrected chi connectivity index (χ2v) is 1.82. The predicted molar refractivity (Wildman–Crippen MR) is 29.5 cm³/mol. The lowest BCUT2D eigenvalue weighted by molar-refractivity contribution is 0.356. The molecule has 1 aliphatic rings. The maximum Gasteiger partial charge on any atom is 0.0949 e. The fourth-order valence-electron chi connectivity index (χ4n) is 0.547. The number of hydrogen-bond acceptors (Lipinski definition) is 2. The molecular formula is C5H10N2. The molecule has 0 saturated heterocycles. The van der Waals surface area contributed by atoms with Gasteiger partial charge in [-0.25, -0.2) is 0 Å². The fourth-order valence-corrected chi connectivity index (χ4v) is 0.547. The van der Waals surface area contributed by atoms with Crippen LogP contribution in [-0.2, 0) is 0 Å². The third-order valence-electron chi connectivity index (χ3n) is 1.26. The molecule has 1 rings (SSSR count). The zero-order valence-corrected chi connectivity index (χ0v) is 4.68. The Kier molecular flexibility index (Phi) is 0.929. The van der Waals surface area contributed by atoms with Crippen molar-refractivity contribution in [3.8, 4) is 0 Å². The molecule has 0 radical (unpaired) electrons. The zero-order valence-electron chi connectivity index (χ0n) is 4.68. The molecule has 1 N–H and O–H groups in total. The van der Waals surface area contributed by atoms with Crippen LogP contribution in [0.2, 0.25) is 0 Å². The van der Waals surface area contributed by atoms with Crippen LogP contribution in [0, 0.1) is 0 Å². The van der Waals surface area contributed by atoms with E-state index in [1.807, 2.05) is 19.4 Å². The second-order valence-electron chi connectivity index (χ2n) is 1.82. The van der Waals surface area contributed by atoms with Crippen LogP contribution in [0.4, 0.5) is 0 Å². The van der Waals surface area contributed by atoms with Gasteiger partial charge in [0.2, 0.25) is 0 Å². The third-order valence-corrected chi connectivity index (χ3v) is 1.26. The average Bonchev–Trinajstić information content (AvgIpc) is 1.91. The minimum absolute atomic E-state index is 0.486. The second kappa shape index (κ2) is 1.45. The standard InChI is InChI=1S/C5H10N2/c1-5-6-3-4-7(5)2/h3-6H,1-2H3. The first-order chi connectivity index (χ1) is 3.30. The monoisotopic (exact) mass is 98.1 g/mol. The molecule has 1 aliphatic heterocycles. The molecule has 0 fully saturated rings. The van der Waals surface area contributed by atoms with Crippen molar-refractivity contribution in [1.82, 2.24) is 10.2 Å². The SMILES string of the molecule is CC1NC=CN1C. The first-order valence-electron chi connectivity index (χ1n) is 2.45. The summed E-state index contributed by atoms with van der Waals surface area (Å²) >= 11 is 0. The van der Waals surface area contributed by atoms with Crippen molar-refractivity contribution >= 4 is 0 Å². The molecule has 0 bridgehead atoms. The van der Waals surface area contributed by atoms with E-state index in [0.717, 1.165) is 0 Å². The minimum atomic E-state index is 0.486. The van der Waals surface area contributed by atoms with Gasteiger partial charge in [-0.15, -0.1) is 0 Å². The maximum atomic E-state index is 3.11. The van der Waals surface area contributed by atoms with Gasteiger partial charge in [0.15, 0.2) is 0 Å². The Hall–Kier alpha value is -0.660. The van der Waals surface area contributed by atoms with Crippen LogP contribution in [0.15, 0.2) is 12.4 Å². The summed E-state index contributed by atoms with van der Waals surface area (Å²) in [4.78, 5) is 2.11. The van der Waals surface area contributed by atoms with Crippen molar-refractivity contribution in [3.05, 3.63) is 12.4 Å². The molecule has 2 heteroatoms. The predicted octanol–water partition coefficient (Wildman–Crippen LogP) is 0.339. The summed E-state index contributed by atoms with van der Waals surface area (Å²) in [6.07, 6.45) is 4.45. The van der Waals surface area contributed by atoms with E-state index in [4.69, 9.17) is 0 Å². The molecule has 7 heavy (non-hydrogen) atoms. The number of rotatable bonds is 0. The van der Waals surface area contributed by atoms with E-state index in [1.165, 1.54) is 0 Å². The summed E-state index contributed by atoms with van der Waals surface area (Å²) in [5, 5.41) is 3.11. The number of nitrogens with one attached hydrogen (secondary N) is 1. The number of nitrogens with zero attached hydrogens (tertiary/aromatic N) is 1. The van der Waals surface area contributed by atoms with Crippen molar-refractivity contribution < 1.29 is 0 Å². The molecule has 2 nitrogen and oxygen atoms in total. The van der Waals surface area contributed by atoms with Gasteiger partial charge in [-0.05, 0) is 6.92 Å². The van der Waals surface area contributed by atoms with Gasteiger partial charge in [-0.3, -0.25) is 0 Å². The Bertz CT molecular complexity index is 88.1. The summed E-state index contributed by atoms with van der Waals surface area (Å²) in [5.41, 5.74) is 0. The van der Waals surface area contributed by atoms with Crippen LogP contribution in [0.1, 0.15) is 6.92 Å². The molecule has 0 amide bonds. The van der Waals surface area contributed by atoms with Crippen molar-refractivity contribution in [1.29, 1.82) is 0 Å². The van der Waals surface area contributed by atoms with Crippen molar-refractivity contribution in [2.75, 3.05) is 7.05 Å². The van der Waals surface area contributed by atoms with Crippen LogP contribution >= 0.6 is 0 Å². The van der Waals surface area contributed by atoms with Gasteiger partial charge in [0.1, 0.15) is 0 Å². The normalized spacial score (nSPS) is 28.3. The maximum absolute atomic E-state index is 3.11. The Morgan fingerprint density at radius 2 is 2.43 bits per heavy atom. The Balaban J connectivity index is 2.45. The third kappa shape index (κ3) is 0.683. The molecule has 0 saturated carbocycles. The van der Waals surface area contributed by atoms with Crippen molar-refractivity contribution in [3.63, 3.8) is 0 Å². The highest BCUT2D eigenvalue weighted by molar-refractivity contribution is 4.89. The molecule has 0 aromatic carbocycles. The van der Waals surface area contributed by atoms with Crippen LogP contribution in [0.3, 0.4) is 0 Å². The highest BCUT2D eigenvalue weighted by Crippen LogP contribution is 1.97. The fraction of sp³-hybridized carbons (Fsp3) is 0.600. The topological polar surface area (TPSA) is 15.3 Å². The molecule has 0 aromatic heterocycles. The molecule has 40 valence electrons. The van der Waals surface area contributed by atoms with Gasteiger partial charge in [-0.1, -0.05) is 0 Å². The van der Waals surface area contributed by atoms with Gasteiger partial charge in [0, 0.05) is 19.4 Å². The molecule has 0 aromatic rings. The molecule has 1 atom stereocenters. The summed E-state index contributed by atoms with van der Waals surface area (Å²) in [6.45, 7) is 2.11. The van der Waals surface area contributed by atoms with E-state index in [0.29, 0.717) is 6.17 Å². The zero-order chi connectivity index (χ0) is 5.28. The lowest BCUT2D eigenvalue weighted by atomic mass is 10.6. The largest absolute Gasteiger partial charge is 0.370 e. The van der Waals surface area contributed by atoms with Gasteiger partial charge in [0.05, 0.1) is 6.17 Å². The quantitative estimate of drug-likeness (QED) is 0.470. The van der Waals surface area contributed by atoms with Crippen LogP contribution in [-0.4, -0.2) is 18.1 Å². The average molecular weight is 98.1 g/mol. The van der Waals surface area contributed by atoms with Gasteiger partial charge < -0.3 is 10.2 Å². The van der Waals surface area contributed by atoms with E-state index < -0.39 is 0 Å².